The largest absolute Gasteiger partial charge is 0.261 e. The van der Waals surface area contributed by atoms with Crippen molar-refractivity contribution in [2.24, 2.45) is 4.99 Å². The molecule has 94 valence electrons. The summed E-state index contributed by atoms with van der Waals surface area (Å²) in [5.74, 6) is 0. The fourth-order valence-electron chi connectivity index (χ4n) is 1.84. The molecule has 2 aromatic rings. The van der Waals surface area contributed by atoms with Gasteiger partial charge in [0.1, 0.15) is 0 Å². The molecule has 0 N–H and O–H groups in total. The Labute approximate surface area is 114 Å². The molecule has 0 aliphatic rings. The van der Waals surface area contributed by atoms with Gasteiger partial charge in [-0.05, 0) is 24.1 Å². The SMILES string of the molecule is C=C(/C=C(\N=CC)c1ccccc1)c1ccccc1. The average molecular weight is 247 g/mol. The lowest BCUT2D eigenvalue weighted by molar-refractivity contribution is 1.50. The van der Waals surface area contributed by atoms with E-state index in [2.05, 4.69) is 35.8 Å². The zero-order valence-corrected chi connectivity index (χ0v) is 11.1. The van der Waals surface area contributed by atoms with Crippen LogP contribution >= 0.6 is 0 Å². The molecule has 1 nitrogen and oxygen atoms in total. The van der Waals surface area contributed by atoms with Gasteiger partial charge in [-0.25, -0.2) is 0 Å². The van der Waals surface area contributed by atoms with Crippen LogP contribution in [-0.4, -0.2) is 6.21 Å². The van der Waals surface area contributed by atoms with Crippen LogP contribution in [0.1, 0.15) is 18.1 Å². The average Bonchev–Trinajstić information content (AvgIpc) is 2.48. The summed E-state index contributed by atoms with van der Waals surface area (Å²) in [6.45, 7) is 6.04. The van der Waals surface area contributed by atoms with Gasteiger partial charge in [-0.15, -0.1) is 0 Å². The Bertz CT molecular complexity index is 592. The zero-order valence-electron chi connectivity index (χ0n) is 11.1. The van der Waals surface area contributed by atoms with Crippen molar-refractivity contribution >= 4 is 17.5 Å². The van der Waals surface area contributed by atoms with E-state index in [1.165, 1.54) is 0 Å². The summed E-state index contributed by atoms with van der Waals surface area (Å²) < 4.78 is 0. The molecule has 0 radical (unpaired) electrons. The highest BCUT2D eigenvalue weighted by atomic mass is 14.7. The summed E-state index contributed by atoms with van der Waals surface area (Å²) in [6, 6.07) is 20.3. The second-order valence-corrected chi connectivity index (χ2v) is 4.17. The van der Waals surface area contributed by atoms with Gasteiger partial charge in [-0.1, -0.05) is 67.2 Å². The second-order valence-electron chi connectivity index (χ2n) is 4.17. The van der Waals surface area contributed by atoms with Crippen LogP contribution in [0, 0.1) is 0 Å². The third-order valence-electron chi connectivity index (χ3n) is 2.79. The van der Waals surface area contributed by atoms with Crippen molar-refractivity contribution in [3.8, 4) is 0 Å². The van der Waals surface area contributed by atoms with E-state index < -0.39 is 0 Å². The highest BCUT2D eigenvalue weighted by Crippen LogP contribution is 2.21. The Balaban J connectivity index is 2.35. The van der Waals surface area contributed by atoms with Crippen LogP contribution in [0.4, 0.5) is 0 Å². The van der Waals surface area contributed by atoms with E-state index >= 15 is 0 Å². The van der Waals surface area contributed by atoms with Gasteiger partial charge >= 0.3 is 0 Å². The second kappa shape index (κ2) is 6.50. The molecule has 0 atom stereocenters. The van der Waals surface area contributed by atoms with Crippen molar-refractivity contribution in [1.29, 1.82) is 0 Å². The van der Waals surface area contributed by atoms with Crippen molar-refractivity contribution in [2.45, 2.75) is 6.92 Å². The van der Waals surface area contributed by atoms with Crippen molar-refractivity contribution in [2.75, 3.05) is 0 Å². The van der Waals surface area contributed by atoms with Gasteiger partial charge in [0, 0.05) is 11.8 Å². The third-order valence-corrected chi connectivity index (χ3v) is 2.79. The number of hydrogen-bond acceptors (Lipinski definition) is 1. The molecule has 0 bridgehead atoms. The minimum Gasteiger partial charge on any atom is -0.261 e. The molecular weight excluding hydrogens is 230 g/mol. The van der Waals surface area contributed by atoms with Crippen LogP contribution in [0.2, 0.25) is 0 Å². The Morgan fingerprint density at radius 3 is 1.95 bits per heavy atom. The maximum atomic E-state index is 4.44. The van der Waals surface area contributed by atoms with Crippen molar-refractivity contribution < 1.29 is 0 Å². The molecule has 1 heteroatoms. The number of nitrogens with zero attached hydrogens (tertiary/aromatic N) is 1. The number of benzene rings is 2. The topological polar surface area (TPSA) is 12.4 Å². The van der Waals surface area contributed by atoms with E-state index in [1.807, 2.05) is 49.4 Å². The molecule has 0 aliphatic heterocycles. The maximum Gasteiger partial charge on any atom is 0.0703 e. The van der Waals surface area contributed by atoms with E-state index in [9.17, 15) is 0 Å². The maximum absolute atomic E-state index is 4.44. The fraction of sp³-hybridized carbons (Fsp3) is 0.0556. The number of rotatable bonds is 4. The van der Waals surface area contributed by atoms with Crippen LogP contribution in [0.5, 0.6) is 0 Å². The van der Waals surface area contributed by atoms with Crippen LogP contribution in [0.3, 0.4) is 0 Å². The van der Waals surface area contributed by atoms with Gasteiger partial charge < -0.3 is 0 Å². The van der Waals surface area contributed by atoms with Crippen molar-refractivity contribution in [3.63, 3.8) is 0 Å². The summed E-state index contributed by atoms with van der Waals surface area (Å²) in [6.07, 6.45) is 3.82. The molecule has 0 fully saturated rings. The minimum absolute atomic E-state index is 0.928. The highest BCUT2D eigenvalue weighted by Gasteiger charge is 2.01. The Kier molecular flexibility index (Phi) is 4.46. The molecule has 0 saturated heterocycles. The molecule has 0 heterocycles. The Morgan fingerprint density at radius 2 is 1.42 bits per heavy atom. The van der Waals surface area contributed by atoms with Crippen LogP contribution in [-0.2, 0) is 0 Å². The first-order valence-electron chi connectivity index (χ1n) is 6.31. The predicted octanol–water partition coefficient (Wildman–Crippen LogP) is 4.83. The first-order valence-corrected chi connectivity index (χ1v) is 6.31. The molecule has 19 heavy (non-hydrogen) atoms. The van der Waals surface area contributed by atoms with E-state index in [0.717, 1.165) is 22.4 Å². The minimum atomic E-state index is 0.928. The monoisotopic (exact) mass is 247 g/mol. The van der Waals surface area contributed by atoms with Crippen LogP contribution in [0.25, 0.3) is 11.3 Å². The Hall–Kier alpha value is -2.41. The molecule has 0 aliphatic carbocycles. The first-order chi connectivity index (χ1) is 9.31. The summed E-state index contributed by atoms with van der Waals surface area (Å²) >= 11 is 0. The van der Waals surface area contributed by atoms with E-state index in [0.29, 0.717) is 0 Å². The molecule has 2 aromatic carbocycles. The normalized spacial score (nSPS) is 11.7. The summed E-state index contributed by atoms with van der Waals surface area (Å²) in [5.41, 5.74) is 4.10. The molecular formula is C18H17N. The lowest BCUT2D eigenvalue weighted by Gasteiger charge is -2.05. The first kappa shape index (κ1) is 13.0. The van der Waals surface area contributed by atoms with Gasteiger partial charge in [0.05, 0.1) is 5.70 Å². The Morgan fingerprint density at radius 1 is 0.895 bits per heavy atom. The van der Waals surface area contributed by atoms with E-state index in [-0.39, 0.29) is 0 Å². The molecule has 0 unspecified atom stereocenters. The lowest BCUT2D eigenvalue weighted by atomic mass is 10.0. The smallest absolute Gasteiger partial charge is 0.0703 e. The van der Waals surface area contributed by atoms with E-state index in [1.54, 1.807) is 6.21 Å². The van der Waals surface area contributed by atoms with Crippen LogP contribution in [0.15, 0.2) is 78.3 Å². The van der Waals surface area contributed by atoms with Gasteiger partial charge in [0.25, 0.3) is 0 Å². The highest BCUT2D eigenvalue weighted by molar-refractivity contribution is 5.84. The van der Waals surface area contributed by atoms with Crippen molar-refractivity contribution in [1.82, 2.24) is 0 Å². The van der Waals surface area contributed by atoms with Crippen molar-refractivity contribution in [3.05, 3.63) is 84.4 Å². The predicted molar refractivity (Wildman–Crippen MR) is 84.1 cm³/mol. The molecule has 0 spiro atoms. The number of allylic oxidation sites excluding steroid dienone is 2. The summed E-state index contributed by atoms with van der Waals surface area (Å²) in [4.78, 5) is 4.44. The standard InChI is InChI=1S/C18H17N/c1-3-19-18(17-12-8-5-9-13-17)14-15(2)16-10-6-4-7-11-16/h3-14H,2H2,1H3/b18-14-,19-3?. The quantitative estimate of drug-likeness (QED) is 0.542. The van der Waals surface area contributed by atoms with Gasteiger partial charge in [-0.3, -0.25) is 4.99 Å². The van der Waals surface area contributed by atoms with E-state index in [4.69, 9.17) is 0 Å². The summed E-state index contributed by atoms with van der Waals surface area (Å²) in [7, 11) is 0. The lowest BCUT2D eigenvalue weighted by Crippen LogP contribution is -1.84. The fourth-order valence-corrected chi connectivity index (χ4v) is 1.84. The molecule has 0 saturated carbocycles. The third kappa shape index (κ3) is 3.52. The van der Waals surface area contributed by atoms with Gasteiger partial charge in [0.2, 0.25) is 0 Å². The molecule has 0 aromatic heterocycles. The molecule has 0 amide bonds. The summed E-state index contributed by atoms with van der Waals surface area (Å²) in [5, 5.41) is 0. The van der Waals surface area contributed by atoms with Gasteiger partial charge in [0.15, 0.2) is 0 Å². The number of hydrogen-bond donors (Lipinski definition) is 0. The zero-order chi connectivity index (χ0) is 13.5. The van der Waals surface area contributed by atoms with Gasteiger partial charge in [-0.2, -0.15) is 0 Å². The number of aliphatic imine (C=N–C) groups is 1. The molecule has 2 rings (SSSR count). The van der Waals surface area contributed by atoms with Crippen LogP contribution < -0.4 is 0 Å².